The topological polar surface area (TPSA) is 58.2 Å². The minimum Gasteiger partial charge on any atom is -0.340 e. The van der Waals surface area contributed by atoms with Crippen LogP contribution in [-0.4, -0.2) is 29.9 Å². The molecule has 0 aliphatic carbocycles. The molecule has 1 atom stereocenters. The van der Waals surface area contributed by atoms with Gasteiger partial charge in [0.05, 0.1) is 10.6 Å². The van der Waals surface area contributed by atoms with E-state index >= 15 is 0 Å². The van der Waals surface area contributed by atoms with Crippen molar-refractivity contribution in [3.05, 3.63) is 74.7 Å². The Morgan fingerprint density at radius 1 is 1.10 bits per heavy atom. The van der Waals surface area contributed by atoms with E-state index in [9.17, 15) is 9.59 Å². The molecule has 4 nitrogen and oxygen atoms in total. The van der Waals surface area contributed by atoms with Crippen molar-refractivity contribution in [3.63, 3.8) is 0 Å². The van der Waals surface area contributed by atoms with Crippen LogP contribution in [0.2, 0.25) is 10.0 Å². The number of hydrogen-bond acceptors (Lipinski definition) is 3. The third kappa shape index (κ3) is 5.70. The molecule has 2 amide bonds. The summed E-state index contributed by atoms with van der Waals surface area (Å²) in [4.78, 5) is 25.6. The van der Waals surface area contributed by atoms with Crippen LogP contribution in [0.25, 0.3) is 10.8 Å². The first-order valence-electron chi connectivity index (χ1n) is 9.13. The van der Waals surface area contributed by atoms with E-state index in [-0.39, 0.29) is 16.5 Å². The second-order valence-corrected chi connectivity index (χ2v) is 9.28. The average Bonchev–Trinajstić information content (AvgIpc) is 2.71. The van der Waals surface area contributed by atoms with Gasteiger partial charge in [-0.2, -0.15) is 11.8 Å². The molecule has 30 heavy (non-hydrogen) atoms. The highest BCUT2D eigenvalue weighted by atomic mass is 79.9. The first-order valence-corrected chi connectivity index (χ1v) is 12.1. The van der Waals surface area contributed by atoms with Crippen molar-refractivity contribution in [3.8, 4) is 0 Å². The van der Waals surface area contributed by atoms with Gasteiger partial charge in [0.15, 0.2) is 0 Å². The molecule has 3 rings (SSSR count). The van der Waals surface area contributed by atoms with Crippen molar-refractivity contribution in [2.45, 2.75) is 12.5 Å². The minimum absolute atomic E-state index is 0.240. The molecule has 0 saturated heterocycles. The van der Waals surface area contributed by atoms with Crippen LogP contribution in [0.5, 0.6) is 0 Å². The second kappa shape index (κ2) is 10.5. The van der Waals surface area contributed by atoms with Crippen LogP contribution >= 0.6 is 50.9 Å². The zero-order chi connectivity index (χ0) is 21.7. The Balaban J connectivity index is 1.77. The Labute approximate surface area is 197 Å². The summed E-state index contributed by atoms with van der Waals surface area (Å²) < 4.78 is 0.989. The number of thioether (sulfide) groups is 1. The summed E-state index contributed by atoms with van der Waals surface area (Å²) in [5, 5.41) is 8.44. The van der Waals surface area contributed by atoms with Crippen LogP contribution < -0.4 is 10.6 Å². The van der Waals surface area contributed by atoms with E-state index in [4.69, 9.17) is 23.2 Å². The molecule has 0 radical (unpaired) electrons. The van der Waals surface area contributed by atoms with Gasteiger partial charge in [-0.05, 0) is 65.6 Å². The first kappa shape index (κ1) is 22.9. The van der Waals surface area contributed by atoms with Gasteiger partial charge < -0.3 is 10.6 Å². The smallest absolute Gasteiger partial charge is 0.253 e. The number of benzene rings is 3. The van der Waals surface area contributed by atoms with Gasteiger partial charge in [-0.25, -0.2) is 0 Å². The minimum atomic E-state index is -0.699. The number of halogens is 3. The average molecular weight is 526 g/mol. The van der Waals surface area contributed by atoms with Crippen molar-refractivity contribution in [2.75, 3.05) is 17.3 Å². The number of anilines is 1. The number of nitrogens with one attached hydrogen (secondary N) is 2. The quantitative estimate of drug-likeness (QED) is 0.375. The highest BCUT2D eigenvalue weighted by molar-refractivity contribution is 9.10. The standard InChI is InChI=1S/C22H19BrCl2N2O2S/c1-30-10-9-20(27-21(28)17-7-5-14(24)12-19(17)25)22(29)26-15-6-8-16-13(11-15)3-2-4-18(16)23/h2-8,11-12,20H,9-10H2,1H3,(H,26,29)(H,27,28). The normalized spacial score (nSPS) is 11.9. The third-order valence-corrected chi connectivity index (χ3v) is 6.39. The Morgan fingerprint density at radius 3 is 2.63 bits per heavy atom. The Bertz CT molecular complexity index is 1090. The summed E-state index contributed by atoms with van der Waals surface area (Å²) in [5.74, 6) is 0.0226. The van der Waals surface area contributed by atoms with Gasteiger partial charge in [-0.3, -0.25) is 9.59 Å². The Kier molecular flexibility index (Phi) is 8.06. The van der Waals surface area contributed by atoms with E-state index in [0.29, 0.717) is 17.1 Å². The molecule has 0 heterocycles. The lowest BCUT2D eigenvalue weighted by Crippen LogP contribution is -2.44. The molecular weight excluding hydrogens is 507 g/mol. The van der Waals surface area contributed by atoms with Crippen molar-refractivity contribution in [1.82, 2.24) is 5.32 Å². The zero-order valence-electron chi connectivity index (χ0n) is 16.0. The molecular formula is C22H19BrCl2N2O2S. The van der Waals surface area contributed by atoms with Crippen molar-refractivity contribution in [1.29, 1.82) is 0 Å². The third-order valence-electron chi connectivity index (χ3n) is 4.50. The molecule has 0 spiro atoms. The summed E-state index contributed by atoms with van der Waals surface area (Å²) in [6.45, 7) is 0. The van der Waals surface area contributed by atoms with E-state index in [0.717, 1.165) is 21.0 Å². The van der Waals surface area contributed by atoms with E-state index in [2.05, 4.69) is 26.6 Å². The lowest BCUT2D eigenvalue weighted by molar-refractivity contribution is -0.118. The van der Waals surface area contributed by atoms with Gasteiger partial charge in [0.25, 0.3) is 5.91 Å². The fourth-order valence-electron chi connectivity index (χ4n) is 2.97. The summed E-state index contributed by atoms with van der Waals surface area (Å²) in [7, 11) is 0. The maximum Gasteiger partial charge on any atom is 0.253 e. The summed E-state index contributed by atoms with van der Waals surface area (Å²) in [5.41, 5.74) is 0.942. The lowest BCUT2D eigenvalue weighted by Gasteiger charge is -2.19. The number of fused-ring (bicyclic) bond motifs is 1. The van der Waals surface area contributed by atoms with E-state index in [1.807, 2.05) is 42.7 Å². The molecule has 3 aromatic carbocycles. The molecule has 0 aliphatic rings. The molecule has 3 aromatic rings. The number of rotatable bonds is 7. The number of hydrogen-bond donors (Lipinski definition) is 2. The SMILES string of the molecule is CSCCC(NC(=O)c1ccc(Cl)cc1Cl)C(=O)Nc1ccc2c(Br)cccc2c1. The molecule has 156 valence electrons. The summed E-state index contributed by atoms with van der Waals surface area (Å²) >= 11 is 17.2. The molecule has 1 unspecified atom stereocenters. The highest BCUT2D eigenvalue weighted by Crippen LogP contribution is 2.26. The van der Waals surface area contributed by atoms with E-state index in [1.165, 1.54) is 6.07 Å². The van der Waals surface area contributed by atoms with Gasteiger partial charge in [0.2, 0.25) is 5.91 Å². The number of amides is 2. The maximum atomic E-state index is 12.9. The monoisotopic (exact) mass is 524 g/mol. The van der Waals surface area contributed by atoms with Crippen LogP contribution in [0.4, 0.5) is 5.69 Å². The first-order chi connectivity index (χ1) is 14.4. The van der Waals surface area contributed by atoms with Crippen LogP contribution in [0.15, 0.2) is 59.1 Å². The number of carbonyl (C=O) groups excluding carboxylic acids is 2. The van der Waals surface area contributed by atoms with Gasteiger partial charge >= 0.3 is 0 Å². The molecule has 0 saturated carbocycles. The van der Waals surface area contributed by atoms with Crippen molar-refractivity contribution < 1.29 is 9.59 Å². The maximum absolute atomic E-state index is 12.9. The largest absolute Gasteiger partial charge is 0.340 e. The molecule has 0 aliphatic heterocycles. The summed E-state index contributed by atoms with van der Waals surface area (Å²) in [6.07, 6.45) is 2.44. The fraction of sp³-hybridized carbons (Fsp3) is 0.182. The van der Waals surface area contributed by atoms with Crippen LogP contribution in [0, 0.1) is 0 Å². The Hall–Kier alpha value is -1.73. The van der Waals surface area contributed by atoms with E-state index in [1.54, 1.807) is 23.9 Å². The second-order valence-electron chi connectivity index (χ2n) is 6.60. The van der Waals surface area contributed by atoms with Gasteiger partial charge in [-0.1, -0.05) is 57.3 Å². The lowest BCUT2D eigenvalue weighted by atomic mass is 10.1. The molecule has 0 aromatic heterocycles. The molecule has 2 N–H and O–H groups in total. The van der Waals surface area contributed by atoms with Crippen molar-refractivity contribution >= 4 is 79.2 Å². The van der Waals surface area contributed by atoms with Gasteiger partial charge in [0, 0.05) is 15.2 Å². The predicted molar refractivity (Wildman–Crippen MR) is 131 cm³/mol. The molecule has 0 bridgehead atoms. The van der Waals surface area contributed by atoms with Crippen LogP contribution in [-0.2, 0) is 4.79 Å². The highest BCUT2D eigenvalue weighted by Gasteiger charge is 2.22. The van der Waals surface area contributed by atoms with Gasteiger partial charge in [-0.15, -0.1) is 0 Å². The fourth-order valence-corrected chi connectivity index (χ4v) is 4.44. The molecule has 0 fully saturated rings. The van der Waals surface area contributed by atoms with Gasteiger partial charge in [0.1, 0.15) is 6.04 Å². The molecule has 8 heteroatoms. The van der Waals surface area contributed by atoms with E-state index < -0.39 is 11.9 Å². The Morgan fingerprint density at radius 2 is 1.90 bits per heavy atom. The van der Waals surface area contributed by atoms with Crippen LogP contribution in [0.3, 0.4) is 0 Å². The number of carbonyl (C=O) groups is 2. The predicted octanol–water partition coefficient (Wildman–Crippen LogP) is 6.40. The van der Waals surface area contributed by atoms with Crippen molar-refractivity contribution in [2.24, 2.45) is 0 Å². The van der Waals surface area contributed by atoms with Crippen LogP contribution in [0.1, 0.15) is 16.8 Å². The zero-order valence-corrected chi connectivity index (χ0v) is 20.0. The summed E-state index contributed by atoms with van der Waals surface area (Å²) in [6, 6.07) is 15.5.